The van der Waals surface area contributed by atoms with Gasteiger partial charge in [-0.2, -0.15) is 5.10 Å². The Labute approximate surface area is 101 Å². The van der Waals surface area contributed by atoms with Gasteiger partial charge in [0.2, 0.25) is 0 Å². The van der Waals surface area contributed by atoms with E-state index in [1.54, 1.807) is 4.68 Å². The van der Waals surface area contributed by atoms with Crippen LogP contribution in [0, 0.1) is 0 Å². The maximum atomic E-state index is 5.68. The van der Waals surface area contributed by atoms with Crippen molar-refractivity contribution < 1.29 is 4.74 Å². The number of aryl methyl sites for hydroxylation is 1. The first kappa shape index (κ1) is 11.7. The topological polar surface area (TPSA) is 53.1 Å². The van der Waals surface area contributed by atoms with Gasteiger partial charge < -0.3 is 10.5 Å². The highest BCUT2D eigenvalue weighted by atomic mass is 16.5. The highest BCUT2D eigenvalue weighted by Crippen LogP contribution is 2.14. The molecule has 17 heavy (non-hydrogen) atoms. The first-order valence-electron chi connectivity index (χ1n) is 5.68. The molecule has 1 aromatic heterocycles. The Kier molecular flexibility index (Phi) is 3.77. The number of rotatable bonds is 5. The molecule has 0 saturated carbocycles. The molecule has 0 saturated heterocycles. The molecule has 2 rings (SSSR count). The highest BCUT2D eigenvalue weighted by Gasteiger charge is 2.00. The zero-order chi connectivity index (χ0) is 12.1. The largest absolute Gasteiger partial charge is 0.487 e. The van der Waals surface area contributed by atoms with Crippen LogP contribution in [0.15, 0.2) is 36.5 Å². The summed E-state index contributed by atoms with van der Waals surface area (Å²) in [5, 5.41) is 4.26. The van der Waals surface area contributed by atoms with Crippen molar-refractivity contribution in [3.8, 4) is 5.75 Å². The minimum atomic E-state index is 0.493. The number of benzene rings is 1. The molecule has 90 valence electrons. The van der Waals surface area contributed by atoms with Crippen LogP contribution in [-0.2, 0) is 20.1 Å². The maximum absolute atomic E-state index is 5.68. The van der Waals surface area contributed by atoms with Gasteiger partial charge in [0.1, 0.15) is 12.4 Å². The molecule has 0 amide bonds. The van der Waals surface area contributed by atoms with Crippen LogP contribution in [0.4, 0.5) is 0 Å². The molecule has 0 fully saturated rings. The summed E-state index contributed by atoms with van der Waals surface area (Å²) in [6.45, 7) is 1.15. The van der Waals surface area contributed by atoms with Crippen LogP contribution >= 0.6 is 0 Å². The van der Waals surface area contributed by atoms with Gasteiger partial charge in [-0.1, -0.05) is 12.1 Å². The van der Waals surface area contributed by atoms with E-state index < -0.39 is 0 Å². The van der Waals surface area contributed by atoms with E-state index >= 15 is 0 Å². The quantitative estimate of drug-likeness (QED) is 0.848. The van der Waals surface area contributed by atoms with Crippen molar-refractivity contribution in [2.45, 2.75) is 13.0 Å². The van der Waals surface area contributed by atoms with Crippen LogP contribution < -0.4 is 10.5 Å². The zero-order valence-corrected chi connectivity index (χ0v) is 9.97. The van der Waals surface area contributed by atoms with Gasteiger partial charge in [0, 0.05) is 13.2 Å². The first-order chi connectivity index (χ1) is 8.28. The predicted molar refractivity (Wildman–Crippen MR) is 66.7 cm³/mol. The molecule has 1 aromatic carbocycles. The lowest BCUT2D eigenvalue weighted by atomic mass is 10.1. The summed E-state index contributed by atoms with van der Waals surface area (Å²) in [5.74, 6) is 0.863. The molecule has 0 radical (unpaired) electrons. The minimum absolute atomic E-state index is 0.493. The summed E-state index contributed by atoms with van der Waals surface area (Å²) in [7, 11) is 1.89. The van der Waals surface area contributed by atoms with Crippen molar-refractivity contribution in [3.63, 3.8) is 0 Å². The van der Waals surface area contributed by atoms with Crippen molar-refractivity contribution in [1.82, 2.24) is 9.78 Å². The van der Waals surface area contributed by atoms with E-state index in [0.29, 0.717) is 13.2 Å². The third kappa shape index (κ3) is 3.32. The van der Waals surface area contributed by atoms with Gasteiger partial charge in [-0.25, -0.2) is 0 Å². The monoisotopic (exact) mass is 231 g/mol. The maximum Gasteiger partial charge on any atom is 0.132 e. The van der Waals surface area contributed by atoms with Gasteiger partial charge in [0.05, 0.1) is 5.69 Å². The fourth-order valence-corrected chi connectivity index (χ4v) is 1.65. The van der Waals surface area contributed by atoms with E-state index in [-0.39, 0.29) is 0 Å². The lowest BCUT2D eigenvalue weighted by Crippen LogP contribution is -2.03. The van der Waals surface area contributed by atoms with E-state index in [9.17, 15) is 0 Å². The van der Waals surface area contributed by atoms with Crippen molar-refractivity contribution in [2.24, 2.45) is 12.8 Å². The zero-order valence-electron chi connectivity index (χ0n) is 9.97. The Bertz CT molecular complexity index is 479. The van der Waals surface area contributed by atoms with Crippen LogP contribution in [0.25, 0.3) is 0 Å². The number of aromatic nitrogens is 2. The molecule has 2 aromatic rings. The van der Waals surface area contributed by atoms with Crippen LogP contribution in [-0.4, -0.2) is 16.3 Å². The molecule has 0 aliphatic heterocycles. The van der Waals surface area contributed by atoms with Gasteiger partial charge >= 0.3 is 0 Å². The Morgan fingerprint density at radius 2 is 2.24 bits per heavy atom. The highest BCUT2D eigenvalue weighted by molar-refractivity contribution is 5.28. The third-order valence-electron chi connectivity index (χ3n) is 2.49. The van der Waals surface area contributed by atoms with Crippen LogP contribution in [0.2, 0.25) is 0 Å². The summed E-state index contributed by atoms with van der Waals surface area (Å²) in [6.07, 6.45) is 2.78. The molecule has 0 aliphatic rings. The number of ether oxygens (including phenoxy) is 1. The van der Waals surface area contributed by atoms with Crippen LogP contribution in [0.3, 0.4) is 0 Å². The second kappa shape index (κ2) is 5.50. The Morgan fingerprint density at radius 3 is 2.94 bits per heavy atom. The van der Waals surface area contributed by atoms with Crippen molar-refractivity contribution >= 4 is 0 Å². The Morgan fingerprint density at radius 1 is 1.35 bits per heavy atom. The third-order valence-corrected chi connectivity index (χ3v) is 2.49. The lowest BCUT2D eigenvalue weighted by molar-refractivity contribution is 0.300. The molecule has 0 bridgehead atoms. The smallest absolute Gasteiger partial charge is 0.132 e. The molecule has 1 heterocycles. The van der Waals surface area contributed by atoms with Crippen molar-refractivity contribution in [2.75, 3.05) is 6.54 Å². The minimum Gasteiger partial charge on any atom is -0.487 e. The van der Waals surface area contributed by atoms with Crippen LogP contribution in [0.5, 0.6) is 5.75 Å². The van der Waals surface area contributed by atoms with Crippen molar-refractivity contribution in [3.05, 3.63) is 47.8 Å². The molecular weight excluding hydrogens is 214 g/mol. The fourth-order valence-electron chi connectivity index (χ4n) is 1.65. The summed E-state index contributed by atoms with van der Waals surface area (Å²) in [6, 6.07) is 9.96. The summed E-state index contributed by atoms with van der Waals surface area (Å²) < 4.78 is 7.44. The lowest BCUT2D eigenvalue weighted by Gasteiger charge is -2.06. The molecule has 4 nitrogen and oxygen atoms in total. The van der Waals surface area contributed by atoms with E-state index in [1.807, 2.05) is 37.5 Å². The Balaban J connectivity index is 1.96. The number of hydrogen-bond donors (Lipinski definition) is 1. The summed E-state index contributed by atoms with van der Waals surface area (Å²) in [4.78, 5) is 0. The van der Waals surface area contributed by atoms with Gasteiger partial charge in [-0.05, 0) is 36.7 Å². The first-order valence-corrected chi connectivity index (χ1v) is 5.68. The number of hydrogen-bond acceptors (Lipinski definition) is 3. The average Bonchev–Trinajstić information content (AvgIpc) is 2.74. The van der Waals surface area contributed by atoms with E-state index in [4.69, 9.17) is 10.5 Å². The molecule has 0 atom stereocenters. The molecular formula is C13H17N3O. The average molecular weight is 231 g/mol. The molecule has 0 spiro atoms. The van der Waals surface area contributed by atoms with Crippen molar-refractivity contribution in [1.29, 1.82) is 0 Å². The molecule has 2 N–H and O–H groups in total. The summed E-state index contributed by atoms with van der Waals surface area (Å²) >= 11 is 0. The van der Waals surface area contributed by atoms with E-state index in [1.165, 1.54) is 5.56 Å². The standard InChI is InChI=1S/C13H17N3O/c1-16-8-6-12(15-16)10-17-13-4-2-3-11(9-13)5-7-14/h2-4,6,8-9H,5,7,10,14H2,1H3. The second-order valence-electron chi connectivity index (χ2n) is 3.96. The van der Waals surface area contributed by atoms with Gasteiger partial charge in [-0.3, -0.25) is 4.68 Å². The summed E-state index contributed by atoms with van der Waals surface area (Å²) in [5.41, 5.74) is 7.65. The second-order valence-corrected chi connectivity index (χ2v) is 3.96. The van der Waals surface area contributed by atoms with Gasteiger partial charge in [0.15, 0.2) is 0 Å². The van der Waals surface area contributed by atoms with Gasteiger partial charge in [-0.15, -0.1) is 0 Å². The number of nitrogens with zero attached hydrogens (tertiary/aromatic N) is 2. The normalized spacial score (nSPS) is 10.5. The van der Waals surface area contributed by atoms with Crippen LogP contribution in [0.1, 0.15) is 11.3 Å². The number of nitrogens with two attached hydrogens (primary N) is 1. The van der Waals surface area contributed by atoms with E-state index in [2.05, 4.69) is 11.2 Å². The molecule has 0 aliphatic carbocycles. The van der Waals surface area contributed by atoms with E-state index in [0.717, 1.165) is 17.9 Å². The molecule has 4 heteroatoms. The predicted octanol–water partition coefficient (Wildman–Crippen LogP) is 1.50. The van der Waals surface area contributed by atoms with Gasteiger partial charge in [0.25, 0.3) is 0 Å². The fraction of sp³-hybridized carbons (Fsp3) is 0.308. The molecule has 0 unspecified atom stereocenters. The SMILES string of the molecule is Cn1ccc(COc2cccc(CCN)c2)n1. The Hall–Kier alpha value is -1.81.